The van der Waals surface area contributed by atoms with Crippen molar-refractivity contribution in [3.05, 3.63) is 47.3 Å². The fourth-order valence-electron chi connectivity index (χ4n) is 3.72. The Morgan fingerprint density at radius 2 is 1.68 bits per heavy atom. The average Bonchev–Trinajstić information content (AvgIpc) is 2.66. The van der Waals surface area contributed by atoms with Crippen molar-refractivity contribution in [1.29, 1.82) is 0 Å². The number of ketones is 2. The van der Waals surface area contributed by atoms with Crippen molar-refractivity contribution in [3.8, 4) is 11.8 Å². The second-order valence-corrected chi connectivity index (χ2v) is 8.32. The highest BCUT2D eigenvalue weighted by Gasteiger charge is 2.53. The van der Waals surface area contributed by atoms with E-state index in [0.29, 0.717) is 12.0 Å². The summed E-state index contributed by atoms with van der Waals surface area (Å²) in [6.45, 7) is 8.32. The molecule has 0 radical (unpaired) electrons. The van der Waals surface area contributed by atoms with Crippen LogP contribution in [0.4, 0.5) is 13.2 Å². The van der Waals surface area contributed by atoms with E-state index in [4.69, 9.17) is 9.47 Å². The van der Waals surface area contributed by atoms with Crippen LogP contribution in [-0.2, 0) is 26.9 Å². The van der Waals surface area contributed by atoms with Gasteiger partial charge in [-0.2, -0.15) is 18.2 Å². The molecule has 6 nitrogen and oxygen atoms in total. The summed E-state index contributed by atoms with van der Waals surface area (Å²) in [5.74, 6) is -1.74. The van der Waals surface area contributed by atoms with E-state index in [1.54, 1.807) is 33.8 Å². The van der Waals surface area contributed by atoms with Gasteiger partial charge in [0.2, 0.25) is 0 Å². The first-order valence-corrected chi connectivity index (χ1v) is 9.76. The van der Waals surface area contributed by atoms with Crippen LogP contribution in [0.3, 0.4) is 0 Å². The number of rotatable bonds is 4. The highest BCUT2D eigenvalue weighted by molar-refractivity contribution is 6.15. The van der Waals surface area contributed by atoms with E-state index in [2.05, 4.69) is 9.97 Å². The molecule has 2 aromatic rings. The lowest BCUT2D eigenvalue weighted by Gasteiger charge is -2.43. The third-order valence-electron chi connectivity index (χ3n) is 5.16. The van der Waals surface area contributed by atoms with Gasteiger partial charge in [0.15, 0.2) is 17.3 Å². The van der Waals surface area contributed by atoms with Crippen LogP contribution in [0.25, 0.3) is 0 Å². The van der Waals surface area contributed by atoms with Gasteiger partial charge in [-0.05, 0) is 63.4 Å². The van der Waals surface area contributed by atoms with Crippen molar-refractivity contribution >= 4 is 11.6 Å². The van der Waals surface area contributed by atoms with Crippen LogP contribution in [0.15, 0.2) is 30.5 Å². The number of Topliss-reactive ketones (excluding diaryl/α,β-unsaturated/α-hetero) is 2. The summed E-state index contributed by atoms with van der Waals surface area (Å²) < 4.78 is 49.9. The Morgan fingerprint density at radius 1 is 1.06 bits per heavy atom. The molecule has 1 aromatic heterocycles. The molecule has 166 valence electrons. The second-order valence-electron chi connectivity index (χ2n) is 8.32. The van der Waals surface area contributed by atoms with Gasteiger partial charge in [-0.15, -0.1) is 0 Å². The first kappa shape index (κ1) is 22.9. The zero-order valence-electron chi connectivity index (χ0n) is 17.8. The quantitative estimate of drug-likeness (QED) is 0.649. The molecule has 1 fully saturated rings. The van der Waals surface area contributed by atoms with E-state index < -0.39 is 35.0 Å². The van der Waals surface area contributed by atoms with Crippen LogP contribution < -0.4 is 4.74 Å². The van der Waals surface area contributed by atoms with E-state index in [9.17, 15) is 22.8 Å². The maximum absolute atomic E-state index is 13.1. The molecule has 31 heavy (non-hydrogen) atoms. The van der Waals surface area contributed by atoms with Gasteiger partial charge in [-0.25, -0.2) is 4.98 Å². The molecule has 1 aliphatic heterocycles. The molecule has 2 heterocycles. The smallest absolute Gasteiger partial charge is 0.424 e. The van der Waals surface area contributed by atoms with E-state index in [1.165, 1.54) is 12.1 Å². The first-order valence-electron chi connectivity index (χ1n) is 9.76. The predicted molar refractivity (Wildman–Crippen MR) is 105 cm³/mol. The Labute approximate surface area is 177 Å². The standard InChI is InChI=1S/C22H23F3N2O4/c1-6-12-7-8-13(30-19-26-10-9-15(27-19)22(23,24)25)11-14(12)16-17(28)20(2,3)31-21(4,5)18(16)29/h7-11,16H,6H2,1-5H3. The molecule has 0 amide bonds. The summed E-state index contributed by atoms with van der Waals surface area (Å²) >= 11 is 0. The third-order valence-corrected chi connectivity index (χ3v) is 5.16. The number of ether oxygens (including phenoxy) is 2. The average molecular weight is 436 g/mol. The number of hydrogen-bond donors (Lipinski definition) is 0. The summed E-state index contributed by atoms with van der Waals surface area (Å²) in [5.41, 5.74) is -2.33. The Balaban J connectivity index is 2.04. The van der Waals surface area contributed by atoms with E-state index in [1.807, 2.05) is 6.92 Å². The number of benzene rings is 1. The number of carbonyl (C=O) groups is 2. The first-order chi connectivity index (χ1) is 14.3. The lowest BCUT2D eigenvalue weighted by molar-refractivity contribution is -0.184. The van der Waals surface area contributed by atoms with Crippen molar-refractivity contribution in [2.75, 3.05) is 0 Å². The minimum Gasteiger partial charge on any atom is -0.424 e. The van der Waals surface area contributed by atoms with Crippen molar-refractivity contribution < 1.29 is 32.2 Å². The molecule has 0 unspecified atom stereocenters. The monoisotopic (exact) mass is 436 g/mol. The number of nitrogens with zero attached hydrogens (tertiary/aromatic N) is 2. The van der Waals surface area contributed by atoms with Gasteiger partial charge in [0.25, 0.3) is 0 Å². The molecule has 9 heteroatoms. The summed E-state index contributed by atoms with van der Waals surface area (Å²) in [6, 6.07) is 4.95. The normalized spacial score (nSPS) is 18.8. The van der Waals surface area contributed by atoms with Gasteiger partial charge < -0.3 is 9.47 Å². The Morgan fingerprint density at radius 3 is 2.23 bits per heavy atom. The lowest BCUT2D eigenvalue weighted by atomic mass is 9.73. The lowest BCUT2D eigenvalue weighted by Crippen LogP contribution is -2.58. The fourth-order valence-corrected chi connectivity index (χ4v) is 3.72. The summed E-state index contributed by atoms with van der Waals surface area (Å²) in [6.07, 6.45) is -3.16. The highest BCUT2D eigenvalue weighted by atomic mass is 19.4. The van der Waals surface area contributed by atoms with E-state index in [-0.39, 0.29) is 17.3 Å². The van der Waals surface area contributed by atoms with Crippen LogP contribution >= 0.6 is 0 Å². The van der Waals surface area contributed by atoms with Gasteiger partial charge in [0.1, 0.15) is 22.9 Å². The van der Waals surface area contributed by atoms with Gasteiger partial charge in [-0.1, -0.05) is 13.0 Å². The number of aromatic nitrogens is 2. The second kappa shape index (κ2) is 7.71. The summed E-state index contributed by atoms with van der Waals surface area (Å²) in [5, 5.41) is 0. The third kappa shape index (κ3) is 4.46. The van der Waals surface area contributed by atoms with Gasteiger partial charge in [0, 0.05) is 6.20 Å². The van der Waals surface area contributed by atoms with Crippen LogP contribution in [-0.4, -0.2) is 32.7 Å². The molecule has 1 saturated heterocycles. The Bertz CT molecular complexity index is 1010. The zero-order chi connectivity index (χ0) is 23.2. The van der Waals surface area contributed by atoms with Crippen LogP contribution in [0.1, 0.15) is 57.4 Å². The SMILES string of the molecule is CCc1ccc(Oc2nccc(C(F)(F)F)n2)cc1C1C(=O)C(C)(C)OC(C)(C)C1=O. The highest BCUT2D eigenvalue weighted by Crippen LogP contribution is 2.41. The molecule has 0 aliphatic carbocycles. The molecular formula is C22H23F3N2O4. The predicted octanol–water partition coefficient (Wildman–Crippen LogP) is 4.66. The fraction of sp³-hybridized carbons (Fsp3) is 0.455. The molecule has 0 spiro atoms. The molecule has 0 bridgehead atoms. The largest absolute Gasteiger partial charge is 0.433 e. The molecular weight excluding hydrogens is 413 g/mol. The van der Waals surface area contributed by atoms with Crippen molar-refractivity contribution in [3.63, 3.8) is 0 Å². The Kier molecular flexibility index (Phi) is 5.69. The van der Waals surface area contributed by atoms with E-state index in [0.717, 1.165) is 17.8 Å². The molecule has 3 rings (SSSR count). The minimum absolute atomic E-state index is 0.120. The Hall–Kier alpha value is -2.81. The van der Waals surface area contributed by atoms with E-state index >= 15 is 0 Å². The van der Waals surface area contributed by atoms with Crippen LogP contribution in [0, 0.1) is 0 Å². The van der Waals surface area contributed by atoms with Gasteiger partial charge in [0.05, 0.1) is 0 Å². The molecule has 1 aromatic carbocycles. The number of aryl methyl sites for hydroxylation is 1. The molecule has 0 atom stereocenters. The summed E-state index contributed by atoms with van der Waals surface area (Å²) in [7, 11) is 0. The molecule has 0 N–H and O–H groups in total. The molecule has 1 aliphatic rings. The van der Waals surface area contributed by atoms with Gasteiger partial charge >= 0.3 is 12.2 Å². The number of hydrogen-bond acceptors (Lipinski definition) is 6. The number of alkyl halides is 3. The van der Waals surface area contributed by atoms with Crippen LogP contribution in [0.2, 0.25) is 0 Å². The maximum Gasteiger partial charge on any atom is 0.433 e. The van der Waals surface area contributed by atoms with Crippen molar-refractivity contribution in [1.82, 2.24) is 9.97 Å². The number of halogens is 3. The van der Waals surface area contributed by atoms with Gasteiger partial charge in [-0.3, -0.25) is 9.59 Å². The number of carbonyl (C=O) groups excluding carboxylic acids is 2. The minimum atomic E-state index is -4.64. The van der Waals surface area contributed by atoms with Crippen molar-refractivity contribution in [2.45, 2.75) is 64.3 Å². The van der Waals surface area contributed by atoms with Crippen molar-refractivity contribution in [2.24, 2.45) is 0 Å². The van der Waals surface area contributed by atoms with Crippen LogP contribution in [0.5, 0.6) is 11.8 Å². The topological polar surface area (TPSA) is 78.4 Å². The maximum atomic E-state index is 13.1. The summed E-state index contributed by atoms with van der Waals surface area (Å²) in [4.78, 5) is 33.3. The zero-order valence-corrected chi connectivity index (χ0v) is 17.8. The molecule has 0 saturated carbocycles.